The van der Waals surface area contributed by atoms with Gasteiger partial charge in [-0.15, -0.1) is 11.3 Å². The summed E-state index contributed by atoms with van der Waals surface area (Å²) >= 11 is 1.68. The Balaban J connectivity index is 1.74. The summed E-state index contributed by atoms with van der Waals surface area (Å²) in [5.41, 5.74) is 6.02. The third-order valence-electron chi connectivity index (χ3n) is 3.11. The fourth-order valence-electron chi connectivity index (χ4n) is 2.05. The highest BCUT2D eigenvalue weighted by Gasteiger charge is 2.19. The number of rotatable bonds is 5. The molecule has 0 aliphatic carbocycles. The molecule has 0 unspecified atom stereocenters. The SMILES string of the molecule is CC(C)OCCN=C(N)N1CCN(c2nccs2)CC1. The molecule has 20 heavy (non-hydrogen) atoms. The molecule has 0 spiro atoms. The summed E-state index contributed by atoms with van der Waals surface area (Å²) in [5, 5.41) is 3.09. The molecule has 2 N–H and O–H groups in total. The third kappa shape index (κ3) is 4.35. The fraction of sp³-hybridized carbons (Fsp3) is 0.692. The van der Waals surface area contributed by atoms with Gasteiger partial charge in [0.25, 0.3) is 0 Å². The molecule has 1 aliphatic rings. The van der Waals surface area contributed by atoms with Crippen molar-refractivity contribution in [2.75, 3.05) is 44.2 Å². The van der Waals surface area contributed by atoms with Crippen LogP contribution in [0.2, 0.25) is 0 Å². The van der Waals surface area contributed by atoms with Gasteiger partial charge in [-0.25, -0.2) is 4.98 Å². The second-order valence-corrected chi connectivity index (χ2v) is 5.82. The predicted molar refractivity (Wildman–Crippen MR) is 83.5 cm³/mol. The molecule has 1 aromatic heterocycles. The van der Waals surface area contributed by atoms with Gasteiger partial charge in [0.2, 0.25) is 0 Å². The fourth-order valence-corrected chi connectivity index (χ4v) is 2.74. The van der Waals surface area contributed by atoms with Gasteiger partial charge in [0.15, 0.2) is 11.1 Å². The lowest BCUT2D eigenvalue weighted by Crippen LogP contribution is -2.51. The molecule has 1 saturated heterocycles. The van der Waals surface area contributed by atoms with Crippen LogP contribution in [-0.4, -0.2) is 61.3 Å². The first-order valence-corrected chi connectivity index (χ1v) is 7.85. The van der Waals surface area contributed by atoms with Crippen LogP contribution in [0, 0.1) is 0 Å². The van der Waals surface area contributed by atoms with Gasteiger partial charge in [-0.2, -0.15) is 0 Å². The molecule has 6 nitrogen and oxygen atoms in total. The molecule has 0 amide bonds. The van der Waals surface area contributed by atoms with Crippen LogP contribution < -0.4 is 10.6 Å². The normalized spacial score (nSPS) is 17.1. The Bertz CT molecular complexity index is 412. The average molecular weight is 297 g/mol. The minimum absolute atomic E-state index is 0.244. The van der Waals surface area contributed by atoms with Crippen molar-refractivity contribution in [2.45, 2.75) is 20.0 Å². The van der Waals surface area contributed by atoms with Crippen molar-refractivity contribution < 1.29 is 4.74 Å². The Morgan fingerprint density at radius 1 is 1.45 bits per heavy atom. The number of piperazine rings is 1. The minimum Gasteiger partial charge on any atom is -0.377 e. The number of aromatic nitrogens is 1. The highest BCUT2D eigenvalue weighted by atomic mass is 32.1. The van der Waals surface area contributed by atoms with Crippen molar-refractivity contribution >= 4 is 22.4 Å². The number of ether oxygens (including phenoxy) is 1. The summed E-state index contributed by atoms with van der Waals surface area (Å²) in [6.45, 7) is 8.93. The lowest BCUT2D eigenvalue weighted by atomic mass is 10.3. The van der Waals surface area contributed by atoms with Gasteiger partial charge < -0.3 is 20.3 Å². The molecule has 1 fully saturated rings. The van der Waals surface area contributed by atoms with E-state index in [1.165, 1.54) is 0 Å². The van der Waals surface area contributed by atoms with Gasteiger partial charge in [-0.05, 0) is 13.8 Å². The quantitative estimate of drug-likeness (QED) is 0.499. The van der Waals surface area contributed by atoms with Crippen LogP contribution in [0.15, 0.2) is 16.6 Å². The molecule has 0 atom stereocenters. The second kappa shape index (κ2) is 7.44. The molecular weight excluding hydrogens is 274 g/mol. The maximum atomic E-state index is 6.02. The molecule has 2 heterocycles. The highest BCUT2D eigenvalue weighted by Crippen LogP contribution is 2.18. The van der Waals surface area contributed by atoms with E-state index < -0.39 is 0 Å². The van der Waals surface area contributed by atoms with Gasteiger partial charge in [-0.1, -0.05) is 0 Å². The Morgan fingerprint density at radius 3 is 2.80 bits per heavy atom. The summed E-state index contributed by atoms with van der Waals surface area (Å²) in [4.78, 5) is 13.1. The van der Waals surface area contributed by atoms with Crippen molar-refractivity contribution in [3.63, 3.8) is 0 Å². The van der Waals surface area contributed by atoms with Crippen LogP contribution in [0.4, 0.5) is 5.13 Å². The number of thiazole rings is 1. The van der Waals surface area contributed by atoms with E-state index in [1.54, 1.807) is 11.3 Å². The monoisotopic (exact) mass is 297 g/mol. The molecule has 1 aliphatic heterocycles. The molecular formula is C13H23N5OS. The molecule has 0 saturated carbocycles. The Labute approximate surface area is 124 Å². The van der Waals surface area contributed by atoms with Crippen LogP contribution in [0.5, 0.6) is 0 Å². The lowest BCUT2D eigenvalue weighted by Gasteiger charge is -2.35. The van der Waals surface area contributed by atoms with E-state index in [-0.39, 0.29) is 6.10 Å². The van der Waals surface area contributed by atoms with Crippen molar-refractivity contribution in [1.82, 2.24) is 9.88 Å². The van der Waals surface area contributed by atoms with E-state index in [9.17, 15) is 0 Å². The van der Waals surface area contributed by atoms with Crippen molar-refractivity contribution in [1.29, 1.82) is 0 Å². The van der Waals surface area contributed by atoms with Gasteiger partial charge in [0.05, 0.1) is 19.3 Å². The van der Waals surface area contributed by atoms with Gasteiger partial charge in [-0.3, -0.25) is 4.99 Å². The molecule has 2 rings (SSSR count). The molecule has 0 bridgehead atoms. The maximum Gasteiger partial charge on any atom is 0.191 e. The number of anilines is 1. The molecule has 112 valence electrons. The summed E-state index contributed by atoms with van der Waals surface area (Å²) in [6, 6.07) is 0. The number of hydrogen-bond acceptors (Lipinski definition) is 5. The van der Waals surface area contributed by atoms with Crippen molar-refractivity contribution in [3.8, 4) is 0 Å². The molecule has 0 aromatic carbocycles. The van der Waals surface area contributed by atoms with E-state index in [0.717, 1.165) is 31.3 Å². The largest absolute Gasteiger partial charge is 0.377 e. The van der Waals surface area contributed by atoms with Gasteiger partial charge in [0.1, 0.15) is 0 Å². The lowest BCUT2D eigenvalue weighted by molar-refractivity contribution is 0.0852. The summed E-state index contributed by atoms with van der Waals surface area (Å²) in [5.74, 6) is 0.621. The van der Waals surface area contributed by atoms with Crippen molar-refractivity contribution in [3.05, 3.63) is 11.6 Å². The second-order valence-electron chi connectivity index (χ2n) is 4.95. The Kier molecular flexibility index (Phi) is 5.60. The van der Waals surface area contributed by atoms with Crippen molar-refractivity contribution in [2.24, 2.45) is 10.7 Å². The number of nitrogens with zero attached hydrogens (tertiary/aromatic N) is 4. The Hall–Kier alpha value is -1.34. The van der Waals surface area contributed by atoms with Crippen LogP contribution >= 0.6 is 11.3 Å². The van der Waals surface area contributed by atoms with Crippen LogP contribution in [0.3, 0.4) is 0 Å². The van der Waals surface area contributed by atoms with E-state index in [1.807, 2.05) is 25.4 Å². The zero-order valence-corrected chi connectivity index (χ0v) is 13.0. The minimum atomic E-state index is 0.244. The standard InChI is InChI=1S/C13H23N5OS/c1-11(2)19-9-3-15-12(14)17-5-7-18(8-6-17)13-16-4-10-20-13/h4,10-11H,3,5-9H2,1-2H3,(H2,14,15). The maximum absolute atomic E-state index is 6.02. The van der Waals surface area contributed by atoms with Gasteiger partial charge >= 0.3 is 0 Å². The van der Waals surface area contributed by atoms with E-state index in [0.29, 0.717) is 19.1 Å². The van der Waals surface area contributed by atoms with E-state index >= 15 is 0 Å². The first-order chi connectivity index (χ1) is 9.66. The molecule has 1 aromatic rings. The number of nitrogens with two attached hydrogens (primary N) is 1. The summed E-state index contributed by atoms with van der Waals surface area (Å²) in [6.07, 6.45) is 2.09. The van der Waals surface area contributed by atoms with E-state index in [2.05, 4.69) is 19.8 Å². The Morgan fingerprint density at radius 2 is 2.20 bits per heavy atom. The number of guanidine groups is 1. The zero-order chi connectivity index (χ0) is 14.4. The summed E-state index contributed by atoms with van der Waals surface area (Å²) in [7, 11) is 0. The van der Waals surface area contributed by atoms with E-state index in [4.69, 9.17) is 10.5 Å². The average Bonchev–Trinajstić information content (AvgIpc) is 2.97. The first kappa shape index (κ1) is 15.1. The van der Waals surface area contributed by atoms with Crippen LogP contribution in [0.1, 0.15) is 13.8 Å². The topological polar surface area (TPSA) is 67.0 Å². The number of hydrogen-bond donors (Lipinski definition) is 1. The van der Waals surface area contributed by atoms with Crippen LogP contribution in [-0.2, 0) is 4.74 Å². The number of aliphatic imine (C=N–C) groups is 1. The highest BCUT2D eigenvalue weighted by molar-refractivity contribution is 7.13. The zero-order valence-electron chi connectivity index (χ0n) is 12.2. The smallest absolute Gasteiger partial charge is 0.191 e. The molecule has 0 radical (unpaired) electrons. The molecule has 7 heteroatoms. The van der Waals surface area contributed by atoms with Gasteiger partial charge in [0, 0.05) is 37.8 Å². The third-order valence-corrected chi connectivity index (χ3v) is 3.94. The first-order valence-electron chi connectivity index (χ1n) is 6.97. The van der Waals surface area contributed by atoms with Crippen LogP contribution in [0.25, 0.3) is 0 Å². The predicted octanol–water partition coefficient (Wildman–Crippen LogP) is 1.00. The summed E-state index contributed by atoms with van der Waals surface area (Å²) < 4.78 is 5.45.